The van der Waals surface area contributed by atoms with Crippen LogP contribution in [0, 0.1) is 58.2 Å². The second-order valence-corrected chi connectivity index (χ2v) is 14.8. The van der Waals surface area contributed by atoms with E-state index >= 15 is 0 Å². The molecule has 0 fully saturated rings. The maximum atomic E-state index is 14.3. The Bertz CT molecular complexity index is 1860. The van der Waals surface area contributed by atoms with Gasteiger partial charge in [0.25, 0.3) is 0 Å². The van der Waals surface area contributed by atoms with E-state index in [1.54, 1.807) is 12.1 Å². The van der Waals surface area contributed by atoms with Crippen molar-refractivity contribution in [3.8, 4) is 0 Å². The van der Waals surface area contributed by atoms with Gasteiger partial charge in [-0.1, -0.05) is 52.4 Å². The van der Waals surface area contributed by atoms with Crippen molar-refractivity contribution in [2.24, 2.45) is 0 Å². The van der Waals surface area contributed by atoms with Crippen molar-refractivity contribution < 1.29 is 53.5 Å². The molecule has 2 heterocycles. The second-order valence-electron chi connectivity index (χ2n) is 12.6. The molecule has 0 atom stereocenters. The molecule has 2 aromatic heterocycles. The normalized spacial score (nSPS) is 11.9. The largest absolute Gasteiger partial charge is 0.293 e. The number of Topliss-reactive ketones (excluding diaryl/α,β-unsaturated/α-hetero) is 2. The van der Waals surface area contributed by atoms with Crippen LogP contribution in [0.25, 0.3) is 24.3 Å². The summed E-state index contributed by atoms with van der Waals surface area (Å²) in [5.41, 5.74) is -1.00. The zero-order chi connectivity index (χ0) is 39.7. The molecule has 0 saturated carbocycles. The van der Waals surface area contributed by atoms with E-state index in [0.717, 1.165) is 73.4 Å². The van der Waals surface area contributed by atoms with Crippen molar-refractivity contribution in [1.82, 2.24) is 0 Å². The Morgan fingerprint density at radius 2 is 0.778 bits per heavy atom. The number of unbranched alkanes of at least 4 members (excludes halogenated alkanes) is 6. The van der Waals surface area contributed by atoms with Crippen LogP contribution < -0.4 is 0 Å². The number of carbonyl (C=O) groups excluding carboxylic acids is 2. The van der Waals surface area contributed by atoms with E-state index in [1.165, 1.54) is 12.2 Å². The predicted molar refractivity (Wildman–Crippen MR) is 193 cm³/mol. The van der Waals surface area contributed by atoms with Crippen LogP contribution in [0.1, 0.15) is 129 Å². The van der Waals surface area contributed by atoms with Gasteiger partial charge in [-0.05, 0) is 73.2 Å². The highest BCUT2D eigenvalue weighted by Gasteiger charge is 2.26. The van der Waals surface area contributed by atoms with Gasteiger partial charge in [0.2, 0.25) is 11.6 Å². The maximum Gasteiger partial charge on any atom is 0.200 e. The molecule has 4 rings (SSSR count). The molecule has 2 aromatic carbocycles. The van der Waals surface area contributed by atoms with Crippen LogP contribution in [-0.2, 0) is 12.8 Å². The summed E-state index contributed by atoms with van der Waals surface area (Å²) in [7, 11) is 0. The van der Waals surface area contributed by atoms with Crippen molar-refractivity contribution in [3.05, 3.63) is 112 Å². The molecule has 0 amide bonds. The molecular weight excluding hydrogens is 767 g/mol. The number of hydrogen-bond donors (Lipinski definition) is 0. The Labute approximate surface area is 314 Å². The van der Waals surface area contributed by atoms with Crippen LogP contribution in [0.3, 0.4) is 0 Å². The van der Waals surface area contributed by atoms with Crippen molar-refractivity contribution >= 4 is 58.5 Å². The first-order valence-electron chi connectivity index (χ1n) is 17.4. The molecular formula is C40H36F10O2S2. The standard InChI is InChI=1S/C40H36F10O2S2/c1-3-5-7-9-11-21-19-29(53-27(21)17-13-23-31(41)35(45)39(49)36(46)32(23)42)25(51)15-16-26(52)30-20-22(12-10-8-6-4-2)28(54-30)18-14-24-33(43)37(47)40(50)38(48)34(24)44/h13-14,17-20H,3-12,15-16H2,1-2H3/b17-13+,18-14+. The van der Waals surface area contributed by atoms with Crippen LogP contribution >= 0.6 is 22.7 Å². The zero-order valence-corrected chi connectivity index (χ0v) is 31.0. The minimum absolute atomic E-state index is 0.222. The van der Waals surface area contributed by atoms with Gasteiger partial charge < -0.3 is 0 Å². The number of hydrogen-bond acceptors (Lipinski definition) is 4. The van der Waals surface area contributed by atoms with E-state index in [0.29, 0.717) is 46.6 Å². The number of carbonyl (C=O) groups is 2. The van der Waals surface area contributed by atoms with Gasteiger partial charge in [-0.2, -0.15) is 0 Å². The fourth-order valence-corrected chi connectivity index (χ4v) is 7.81. The Kier molecular flexibility index (Phi) is 15.4. The van der Waals surface area contributed by atoms with Gasteiger partial charge in [-0.3, -0.25) is 9.59 Å². The van der Waals surface area contributed by atoms with Crippen LogP contribution in [-0.4, -0.2) is 11.6 Å². The van der Waals surface area contributed by atoms with Gasteiger partial charge in [-0.25, -0.2) is 43.9 Å². The Balaban J connectivity index is 1.56. The monoisotopic (exact) mass is 802 g/mol. The summed E-state index contributed by atoms with van der Waals surface area (Å²) < 4.78 is 140. The Morgan fingerprint density at radius 3 is 1.09 bits per heavy atom. The van der Waals surface area contributed by atoms with E-state index < -0.39 is 80.9 Å². The molecule has 0 radical (unpaired) electrons. The molecule has 0 spiro atoms. The highest BCUT2D eigenvalue weighted by atomic mass is 32.1. The summed E-state index contributed by atoms with van der Waals surface area (Å²) in [6.45, 7) is 4.04. The molecule has 54 heavy (non-hydrogen) atoms. The first-order valence-corrected chi connectivity index (χ1v) is 19.1. The number of benzene rings is 2. The molecule has 14 heteroatoms. The lowest BCUT2D eigenvalue weighted by Crippen LogP contribution is -2.03. The number of aryl methyl sites for hydroxylation is 2. The minimum Gasteiger partial charge on any atom is -0.293 e. The van der Waals surface area contributed by atoms with Crippen molar-refractivity contribution in [2.45, 2.75) is 90.9 Å². The van der Waals surface area contributed by atoms with Crippen LogP contribution in [0.15, 0.2) is 12.1 Å². The first kappa shape index (κ1) is 42.7. The fraction of sp³-hybridized carbons (Fsp3) is 0.350. The third kappa shape index (κ3) is 9.98. The van der Waals surface area contributed by atoms with E-state index in [4.69, 9.17) is 0 Å². The summed E-state index contributed by atoms with van der Waals surface area (Å²) in [4.78, 5) is 27.8. The summed E-state index contributed by atoms with van der Waals surface area (Å²) in [6.07, 6.45) is 11.3. The lowest BCUT2D eigenvalue weighted by Gasteiger charge is -2.04. The minimum atomic E-state index is -2.28. The molecule has 2 nitrogen and oxygen atoms in total. The lowest BCUT2D eigenvalue weighted by atomic mass is 10.0. The van der Waals surface area contributed by atoms with Crippen LogP contribution in [0.4, 0.5) is 43.9 Å². The van der Waals surface area contributed by atoms with Gasteiger partial charge in [0.1, 0.15) is 0 Å². The number of ketones is 2. The van der Waals surface area contributed by atoms with E-state index in [9.17, 15) is 53.5 Å². The van der Waals surface area contributed by atoms with Crippen molar-refractivity contribution in [3.63, 3.8) is 0 Å². The smallest absolute Gasteiger partial charge is 0.200 e. The van der Waals surface area contributed by atoms with Gasteiger partial charge in [0.15, 0.2) is 58.1 Å². The van der Waals surface area contributed by atoms with Crippen molar-refractivity contribution in [1.29, 1.82) is 0 Å². The molecule has 0 aliphatic rings. The summed E-state index contributed by atoms with van der Waals surface area (Å²) in [5, 5.41) is 0. The Hall–Kier alpha value is -4.04. The fourth-order valence-electron chi connectivity index (χ4n) is 5.65. The Morgan fingerprint density at radius 1 is 0.463 bits per heavy atom. The van der Waals surface area contributed by atoms with Gasteiger partial charge in [0.05, 0.1) is 20.9 Å². The molecule has 4 aromatic rings. The van der Waals surface area contributed by atoms with Gasteiger partial charge in [0, 0.05) is 22.6 Å². The number of halogens is 10. The highest BCUT2D eigenvalue weighted by molar-refractivity contribution is 7.15. The van der Waals surface area contributed by atoms with E-state index in [2.05, 4.69) is 0 Å². The number of thiophene rings is 2. The molecule has 0 N–H and O–H groups in total. The predicted octanol–water partition coefficient (Wildman–Crippen LogP) is 13.6. The second kappa shape index (κ2) is 19.5. The average Bonchev–Trinajstić information content (AvgIpc) is 3.77. The maximum absolute atomic E-state index is 14.3. The third-order valence-corrected chi connectivity index (χ3v) is 11.1. The summed E-state index contributed by atoms with van der Waals surface area (Å²) >= 11 is 1.90. The molecule has 0 saturated heterocycles. The molecule has 290 valence electrons. The number of rotatable bonds is 19. The van der Waals surface area contributed by atoms with E-state index in [-0.39, 0.29) is 22.6 Å². The highest BCUT2D eigenvalue weighted by Crippen LogP contribution is 2.33. The summed E-state index contributed by atoms with van der Waals surface area (Å²) in [6, 6.07) is 3.17. The van der Waals surface area contributed by atoms with E-state index in [1.807, 2.05) is 13.8 Å². The molecule has 0 unspecified atom stereocenters. The third-order valence-electron chi connectivity index (χ3n) is 8.70. The van der Waals surface area contributed by atoms with Crippen LogP contribution in [0.2, 0.25) is 0 Å². The molecule has 0 aliphatic heterocycles. The SMILES string of the molecule is CCCCCCc1cc(C(=O)CCC(=O)c2cc(CCCCCC)c(/C=C/c3c(F)c(F)c(F)c(F)c3F)s2)sc1/C=C/c1c(F)c(F)c(F)c(F)c1F. The van der Waals surface area contributed by atoms with Crippen LogP contribution in [0.5, 0.6) is 0 Å². The van der Waals surface area contributed by atoms with Crippen molar-refractivity contribution in [2.75, 3.05) is 0 Å². The zero-order valence-electron chi connectivity index (χ0n) is 29.4. The van der Waals surface area contributed by atoms with Gasteiger partial charge in [-0.15, -0.1) is 22.7 Å². The first-order chi connectivity index (χ1) is 25.7. The lowest BCUT2D eigenvalue weighted by molar-refractivity contribution is 0.0921. The molecule has 0 aliphatic carbocycles. The van der Waals surface area contributed by atoms with Gasteiger partial charge >= 0.3 is 0 Å². The summed E-state index contributed by atoms with van der Waals surface area (Å²) in [5.74, 6) is -21.7. The molecule has 0 bridgehead atoms. The average molecular weight is 803 g/mol. The quantitative estimate of drug-likeness (QED) is 0.0311. The topological polar surface area (TPSA) is 34.1 Å².